The van der Waals surface area contributed by atoms with Crippen LogP contribution in [-0.2, 0) is 0 Å². The Morgan fingerprint density at radius 1 is 1.17 bits per heavy atom. The van der Waals surface area contributed by atoms with Gasteiger partial charge >= 0.3 is 0 Å². The first-order valence-electron chi connectivity index (χ1n) is 8.05. The number of hydrogen-bond acceptors (Lipinski definition) is 5. The van der Waals surface area contributed by atoms with Crippen LogP contribution in [-0.4, -0.2) is 36.1 Å². The van der Waals surface area contributed by atoms with Gasteiger partial charge in [-0.05, 0) is 38.1 Å². The SMILES string of the molecule is C/C=C\c1cnc(Nc2ccc(N3CCNCC3)cc2)nc1C. The van der Waals surface area contributed by atoms with Crippen molar-refractivity contribution in [1.29, 1.82) is 0 Å². The third kappa shape index (κ3) is 3.87. The summed E-state index contributed by atoms with van der Waals surface area (Å²) in [6.07, 6.45) is 5.86. The zero-order valence-corrected chi connectivity index (χ0v) is 13.7. The molecule has 1 aliphatic rings. The monoisotopic (exact) mass is 309 g/mol. The average Bonchev–Trinajstić information content (AvgIpc) is 2.59. The molecule has 2 N–H and O–H groups in total. The van der Waals surface area contributed by atoms with E-state index in [0.29, 0.717) is 5.95 Å². The molecule has 2 aromatic rings. The second kappa shape index (κ2) is 7.24. The van der Waals surface area contributed by atoms with Gasteiger partial charge in [0.05, 0.1) is 5.69 Å². The molecule has 0 amide bonds. The number of hydrogen-bond donors (Lipinski definition) is 2. The van der Waals surface area contributed by atoms with Crippen LogP contribution in [0.2, 0.25) is 0 Å². The summed E-state index contributed by atoms with van der Waals surface area (Å²) in [6.45, 7) is 8.20. The minimum atomic E-state index is 0.630. The van der Waals surface area contributed by atoms with E-state index in [0.717, 1.165) is 43.1 Å². The molecule has 3 rings (SSSR count). The number of allylic oxidation sites excluding steroid dienone is 1. The van der Waals surface area contributed by atoms with Crippen molar-refractivity contribution in [2.45, 2.75) is 13.8 Å². The molecule has 0 bridgehead atoms. The Balaban J connectivity index is 1.69. The van der Waals surface area contributed by atoms with Gasteiger partial charge < -0.3 is 15.5 Å². The van der Waals surface area contributed by atoms with Gasteiger partial charge in [0.15, 0.2) is 0 Å². The van der Waals surface area contributed by atoms with Crippen molar-refractivity contribution < 1.29 is 0 Å². The Bertz CT molecular complexity index is 672. The van der Waals surface area contributed by atoms with Gasteiger partial charge in [-0.25, -0.2) is 9.97 Å². The molecule has 23 heavy (non-hydrogen) atoms. The second-order valence-corrected chi connectivity index (χ2v) is 5.64. The summed E-state index contributed by atoms with van der Waals surface area (Å²) >= 11 is 0. The lowest BCUT2D eigenvalue weighted by atomic mass is 10.2. The van der Waals surface area contributed by atoms with Crippen molar-refractivity contribution in [1.82, 2.24) is 15.3 Å². The summed E-state index contributed by atoms with van der Waals surface area (Å²) in [5, 5.41) is 6.64. The van der Waals surface area contributed by atoms with Crippen LogP contribution in [0.15, 0.2) is 36.5 Å². The van der Waals surface area contributed by atoms with Gasteiger partial charge in [0, 0.05) is 49.3 Å². The van der Waals surface area contributed by atoms with E-state index in [1.54, 1.807) is 0 Å². The van der Waals surface area contributed by atoms with Crippen LogP contribution in [0.1, 0.15) is 18.2 Å². The minimum absolute atomic E-state index is 0.630. The van der Waals surface area contributed by atoms with E-state index in [1.807, 2.05) is 32.2 Å². The molecule has 0 spiro atoms. The summed E-state index contributed by atoms with van der Waals surface area (Å²) in [6, 6.07) is 8.45. The predicted molar refractivity (Wildman–Crippen MR) is 96.3 cm³/mol. The molecule has 5 nitrogen and oxygen atoms in total. The van der Waals surface area contributed by atoms with E-state index in [9.17, 15) is 0 Å². The lowest BCUT2D eigenvalue weighted by Crippen LogP contribution is -2.43. The molecule has 0 radical (unpaired) electrons. The fourth-order valence-corrected chi connectivity index (χ4v) is 2.69. The third-order valence-corrected chi connectivity index (χ3v) is 3.97. The molecular formula is C18H23N5. The second-order valence-electron chi connectivity index (χ2n) is 5.64. The highest BCUT2D eigenvalue weighted by Crippen LogP contribution is 2.20. The van der Waals surface area contributed by atoms with Gasteiger partial charge in [-0.2, -0.15) is 0 Å². The topological polar surface area (TPSA) is 53.1 Å². The Morgan fingerprint density at radius 3 is 2.57 bits per heavy atom. The number of rotatable bonds is 4. The van der Waals surface area contributed by atoms with Crippen LogP contribution in [0.25, 0.3) is 6.08 Å². The zero-order chi connectivity index (χ0) is 16.1. The van der Waals surface area contributed by atoms with Crippen molar-refractivity contribution in [3.63, 3.8) is 0 Å². The standard InChI is InChI=1S/C18H23N5/c1-3-4-15-13-20-18(21-14(15)2)22-16-5-7-17(8-6-16)23-11-9-19-10-12-23/h3-8,13,19H,9-12H2,1-2H3,(H,20,21,22)/b4-3-. The maximum atomic E-state index is 4.51. The van der Waals surface area contributed by atoms with Crippen molar-refractivity contribution in [2.75, 3.05) is 36.4 Å². The summed E-state index contributed by atoms with van der Waals surface area (Å²) in [5.74, 6) is 0.630. The van der Waals surface area contributed by atoms with E-state index in [-0.39, 0.29) is 0 Å². The molecular weight excluding hydrogens is 286 g/mol. The van der Waals surface area contributed by atoms with Crippen molar-refractivity contribution in [2.24, 2.45) is 0 Å². The summed E-state index contributed by atoms with van der Waals surface area (Å²) in [5.41, 5.74) is 4.28. The highest BCUT2D eigenvalue weighted by atomic mass is 15.2. The number of anilines is 3. The maximum absolute atomic E-state index is 4.51. The molecule has 0 atom stereocenters. The van der Waals surface area contributed by atoms with Crippen LogP contribution in [0.4, 0.5) is 17.3 Å². The zero-order valence-electron chi connectivity index (χ0n) is 13.7. The predicted octanol–water partition coefficient (Wildman–Crippen LogP) is 2.97. The largest absolute Gasteiger partial charge is 0.369 e. The van der Waals surface area contributed by atoms with Crippen LogP contribution >= 0.6 is 0 Å². The Labute approximate surface area is 137 Å². The molecule has 0 unspecified atom stereocenters. The van der Waals surface area contributed by atoms with Gasteiger partial charge in [-0.3, -0.25) is 0 Å². The van der Waals surface area contributed by atoms with Crippen molar-refractivity contribution in [3.05, 3.63) is 47.8 Å². The first-order chi connectivity index (χ1) is 11.3. The van der Waals surface area contributed by atoms with Gasteiger partial charge in [-0.1, -0.05) is 12.2 Å². The number of benzene rings is 1. The Kier molecular flexibility index (Phi) is 4.88. The summed E-state index contributed by atoms with van der Waals surface area (Å²) in [4.78, 5) is 11.3. The lowest BCUT2D eigenvalue weighted by molar-refractivity contribution is 0.589. The fourth-order valence-electron chi connectivity index (χ4n) is 2.69. The smallest absolute Gasteiger partial charge is 0.227 e. The van der Waals surface area contributed by atoms with Crippen LogP contribution in [0.5, 0.6) is 0 Å². The summed E-state index contributed by atoms with van der Waals surface area (Å²) < 4.78 is 0. The Hall–Kier alpha value is -2.40. The Morgan fingerprint density at radius 2 is 1.91 bits per heavy atom. The van der Waals surface area contributed by atoms with E-state index in [2.05, 4.69) is 49.8 Å². The highest BCUT2D eigenvalue weighted by Gasteiger charge is 2.10. The van der Waals surface area contributed by atoms with E-state index < -0.39 is 0 Å². The number of nitrogens with one attached hydrogen (secondary N) is 2. The molecule has 1 aliphatic heterocycles. The number of nitrogens with zero attached hydrogens (tertiary/aromatic N) is 3. The molecule has 1 saturated heterocycles. The highest BCUT2D eigenvalue weighted by molar-refractivity contribution is 5.60. The molecule has 1 aromatic carbocycles. The third-order valence-electron chi connectivity index (χ3n) is 3.97. The maximum Gasteiger partial charge on any atom is 0.227 e. The number of aryl methyl sites for hydroxylation is 1. The van der Waals surface area contributed by atoms with Crippen LogP contribution < -0.4 is 15.5 Å². The molecule has 120 valence electrons. The van der Waals surface area contributed by atoms with Gasteiger partial charge in [-0.15, -0.1) is 0 Å². The van der Waals surface area contributed by atoms with Crippen molar-refractivity contribution >= 4 is 23.4 Å². The number of piperazine rings is 1. The molecule has 2 heterocycles. The quantitative estimate of drug-likeness (QED) is 0.909. The first-order valence-corrected chi connectivity index (χ1v) is 8.05. The lowest BCUT2D eigenvalue weighted by Gasteiger charge is -2.29. The number of aromatic nitrogens is 2. The first kappa shape index (κ1) is 15.5. The van der Waals surface area contributed by atoms with E-state index >= 15 is 0 Å². The minimum Gasteiger partial charge on any atom is -0.369 e. The van der Waals surface area contributed by atoms with Crippen molar-refractivity contribution in [3.8, 4) is 0 Å². The molecule has 1 fully saturated rings. The average molecular weight is 309 g/mol. The molecule has 5 heteroatoms. The van der Waals surface area contributed by atoms with Crippen LogP contribution in [0, 0.1) is 6.92 Å². The van der Waals surface area contributed by atoms with Gasteiger partial charge in [0.2, 0.25) is 5.95 Å². The van der Waals surface area contributed by atoms with Gasteiger partial charge in [0.1, 0.15) is 0 Å². The van der Waals surface area contributed by atoms with E-state index in [1.165, 1.54) is 5.69 Å². The van der Waals surface area contributed by atoms with Gasteiger partial charge in [0.25, 0.3) is 0 Å². The van der Waals surface area contributed by atoms with E-state index in [4.69, 9.17) is 0 Å². The molecule has 1 aromatic heterocycles. The normalized spacial score (nSPS) is 15.1. The fraction of sp³-hybridized carbons (Fsp3) is 0.333. The van der Waals surface area contributed by atoms with Crippen LogP contribution in [0.3, 0.4) is 0 Å². The molecule has 0 saturated carbocycles. The summed E-state index contributed by atoms with van der Waals surface area (Å²) in [7, 11) is 0. The molecule has 0 aliphatic carbocycles.